The van der Waals surface area contributed by atoms with Crippen molar-refractivity contribution in [3.05, 3.63) is 30.6 Å². The molecule has 2 nitrogen and oxygen atoms in total. The summed E-state index contributed by atoms with van der Waals surface area (Å²) < 4.78 is 0. The quantitative estimate of drug-likeness (QED) is 0.686. The van der Waals surface area contributed by atoms with E-state index in [9.17, 15) is 4.79 Å². The van der Waals surface area contributed by atoms with Crippen LogP contribution in [-0.4, -0.2) is 10.8 Å². The maximum atomic E-state index is 10.8. The summed E-state index contributed by atoms with van der Waals surface area (Å²) in [6, 6.07) is 5.72. The van der Waals surface area contributed by atoms with Gasteiger partial charge in [0.05, 0.1) is 0 Å². The molecule has 0 aliphatic carbocycles. The van der Waals surface area contributed by atoms with E-state index < -0.39 is 0 Å². The van der Waals surface area contributed by atoms with Crippen LogP contribution in [0.4, 0.5) is 0 Å². The number of nitrogens with zero attached hydrogens (tertiary/aromatic N) is 1. The van der Waals surface area contributed by atoms with Crippen molar-refractivity contribution in [3.63, 3.8) is 0 Å². The molecule has 14 heavy (non-hydrogen) atoms. The van der Waals surface area contributed by atoms with E-state index >= 15 is 0 Å². The lowest BCUT2D eigenvalue weighted by Gasteiger charge is -2.13. The van der Waals surface area contributed by atoms with E-state index in [4.69, 9.17) is 0 Å². The molecule has 0 radical (unpaired) electrons. The molecule has 0 aliphatic rings. The van der Waals surface area contributed by atoms with Crippen LogP contribution in [-0.2, 0) is 4.79 Å². The highest BCUT2D eigenvalue weighted by Crippen LogP contribution is 2.15. The first-order chi connectivity index (χ1) is 6.48. The molecule has 0 fully saturated rings. The molecule has 0 unspecified atom stereocenters. The summed E-state index contributed by atoms with van der Waals surface area (Å²) in [5.41, 5.74) is -0.130. The predicted molar refractivity (Wildman–Crippen MR) is 59.0 cm³/mol. The summed E-state index contributed by atoms with van der Waals surface area (Å²) in [5.74, 6) is 0.331. The van der Waals surface area contributed by atoms with Gasteiger partial charge in [0, 0.05) is 24.2 Å². The first kappa shape index (κ1) is 12.8. The zero-order chi connectivity index (χ0) is 11.0. The number of hydrogen-bond donors (Lipinski definition) is 0. The molecule has 0 amide bonds. The first-order valence-corrected chi connectivity index (χ1v) is 4.86. The molecule has 0 atom stereocenters. The maximum Gasteiger partial charge on any atom is 0.137 e. The largest absolute Gasteiger partial charge is 0.299 e. The van der Waals surface area contributed by atoms with Crippen molar-refractivity contribution in [2.75, 3.05) is 0 Å². The first-order valence-electron chi connectivity index (χ1n) is 4.86. The number of carbonyl (C=O) groups is 1. The lowest BCUT2D eigenvalue weighted by Crippen LogP contribution is -2.18. The number of Topliss-reactive ketones (excluding diaryl/α,β-unsaturated/α-hetero) is 1. The van der Waals surface area contributed by atoms with Crippen molar-refractivity contribution < 1.29 is 4.79 Å². The molecule has 0 N–H and O–H groups in total. The van der Waals surface area contributed by atoms with Crippen LogP contribution in [0, 0.1) is 5.41 Å². The second-order valence-corrected chi connectivity index (χ2v) is 4.05. The van der Waals surface area contributed by atoms with Gasteiger partial charge in [0.1, 0.15) is 5.78 Å². The van der Waals surface area contributed by atoms with Gasteiger partial charge in [0.15, 0.2) is 0 Å². The normalized spacial score (nSPS) is 10.0. The van der Waals surface area contributed by atoms with Crippen LogP contribution in [0.2, 0.25) is 0 Å². The van der Waals surface area contributed by atoms with Crippen LogP contribution in [0.5, 0.6) is 0 Å². The molecule has 0 aliphatic heterocycles. The zero-order valence-electron chi connectivity index (χ0n) is 9.45. The predicted octanol–water partition coefficient (Wildman–Crippen LogP) is 3.09. The highest BCUT2D eigenvalue weighted by Gasteiger charge is 2.17. The minimum atomic E-state index is -0.130. The zero-order valence-corrected chi connectivity index (χ0v) is 9.45. The van der Waals surface area contributed by atoms with E-state index in [0.29, 0.717) is 12.2 Å². The van der Waals surface area contributed by atoms with E-state index in [1.54, 1.807) is 12.4 Å². The fourth-order valence-corrected chi connectivity index (χ4v) is 0.843. The molecule has 0 bridgehead atoms. The Morgan fingerprint density at radius 3 is 1.71 bits per heavy atom. The van der Waals surface area contributed by atoms with Gasteiger partial charge >= 0.3 is 0 Å². The second kappa shape index (κ2) is 6.30. The molecule has 0 aromatic carbocycles. The summed E-state index contributed by atoms with van der Waals surface area (Å²) in [6.07, 6.45) is 4.16. The highest BCUT2D eigenvalue weighted by atomic mass is 16.1. The third-order valence-electron chi connectivity index (χ3n) is 1.72. The molecule has 1 heterocycles. The summed E-state index contributed by atoms with van der Waals surface area (Å²) in [5, 5.41) is 0. The number of pyridine rings is 1. The summed E-state index contributed by atoms with van der Waals surface area (Å²) >= 11 is 0. The lowest BCUT2D eigenvalue weighted by molar-refractivity contribution is -0.125. The van der Waals surface area contributed by atoms with Gasteiger partial charge in [-0.3, -0.25) is 9.78 Å². The van der Waals surface area contributed by atoms with Gasteiger partial charge in [-0.05, 0) is 12.1 Å². The van der Waals surface area contributed by atoms with Crippen molar-refractivity contribution >= 4 is 5.78 Å². The van der Waals surface area contributed by atoms with Gasteiger partial charge in [-0.2, -0.15) is 0 Å². The fraction of sp³-hybridized carbons (Fsp3) is 0.500. The van der Waals surface area contributed by atoms with Gasteiger partial charge in [0.25, 0.3) is 0 Å². The molecule has 78 valence electrons. The molecule has 0 spiro atoms. The molecule has 2 heteroatoms. The minimum Gasteiger partial charge on any atom is -0.299 e. The summed E-state index contributed by atoms with van der Waals surface area (Å²) in [7, 11) is 0. The molecule has 0 saturated carbocycles. The number of aromatic nitrogens is 1. The Balaban J connectivity index is 0.000000249. The van der Waals surface area contributed by atoms with E-state index in [1.807, 2.05) is 45.9 Å². The van der Waals surface area contributed by atoms with E-state index in [1.165, 1.54) is 0 Å². The van der Waals surface area contributed by atoms with Crippen molar-refractivity contribution in [3.8, 4) is 0 Å². The molecular formula is C12H19NO. The average Bonchev–Trinajstić information content (AvgIpc) is 2.19. The number of ketones is 1. The van der Waals surface area contributed by atoms with Gasteiger partial charge in [0.2, 0.25) is 0 Å². The average molecular weight is 193 g/mol. The summed E-state index contributed by atoms with van der Waals surface area (Å²) in [4.78, 5) is 14.6. The standard InChI is InChI=1S/C7H14O.C5H5N/c1-5-6(8)7(2,3)4;1-2-4-6-5-3-1/h5H2,1-4H3;1-5H. The Labute approximate surface area is 86.4 Å². The number of hydrogen-bond acceptors (Lipinski definition) is 2. The smallest absolute Gasteiger partial charge is 0.137 e. The Hall–Kier alpha value is -1.18. The lowest BCUT2D eigenvalue weighted by atomic mass is 9.90. The van der Waals surface area contributed by atoms with Crippen LogP contribution < -0.4 is 0 Å². The Morgan fingerprint density at radius 2 is 1.64 bits per heavy atom. The van der Waals surface area contributed by atoms with Gasteiger partial charge in [-0.15, -0.1) is 0 Å². The van der Waals surface area contributed by atoms with E-state index in [2.05, 4.69) is 4.98 Å². The van der Waals surface area contributed by atoms with Crippen molar-refractivity contribution in [1.29, 1.82) is 0 Å². The maximum absolute atomic E-state index is 10.8. The Bertz CT molecular complexity index is 222. The van der Waals surface area contributed by atoms with E-state index in [-0.39, 0.29) is 5.41 Å². The van der Waals surface area contributed by atoms with E-state index in [0.717, 1.165) is 0 Å². The van der Waals surface area contributed by atoms with Crippen LogP contribution in [0.25, 0.3) is 0 Å². The Morgan fingerprint density at radius 1 is 1.14 bits per heavy atom. The molecular weight excluding hydrogens is 174 g/mol. The molecule has 1 rings (SSSR count). The molecule has 1 aromatic rings. The van der Waals surface area contributed by atoms with Gasteiger partial charge in [-0.1, -0.05) is 33.8 Å². The van der Waals surface area contributed by atoms with Gasteiger partial charge < -0.3 is 0 Å². The third-order valence-corrected chi connectivity index (χ3v) is 1.72. The van der Waals surface area contributed by atoms with Crippen molar-refractivity contribution in [2.24, 2.45) is 5.41 Å². The number of rotatable bonds is 1. The van der Waals surface area contributed by atoms with Crippen LogP contribution in [0.15, 0.2) is 30.6 Å². The Kier molecular flexibility index (Phi) is 5.77. The van der Waals surface area contributed by atoms with Crippen LogP contribution in [0.3, 0.4) is 0 Å². The monoisotopic (exact) mass is 193 g/mol. The minimum absolute atomic E-state index is 0.130. The van der Waals surface area contributed by atoms with Crippen molar-refractivity contribution in [1.82, 2.24) is 4.98 Å². The topological polar surface area (TPSA) is 30.0 Å². The number of carbonyl (C=O) groups excluding carboxylic acids is 1. The highest BCUT2D eigenvalue weighted by molar-refractivity contribution is 5.83. The van der Waals surface area contributed by atoms with Crippen molar-refractivity contribution in [2.45, 2.75) is 34.1 Å². The second-order valence-electron chi connectivity index (χ2n) is 4.05. The SMILES string of the molecule is CCC(=O)C(C)(C)C.c1ccncc1. The third kappa shape index (κ3) is 6.35. The summed E-state index contributed by atoms with van der Waals surface area (Å²) in [6.45, 7) is 7.73. The van der Waals surface area contributed by atoms with Gasteiger partial charge in [-0.25, -0.2) is 0 Å². The molecule has 1 aromatic heterocycles. The van der Waals surface area contributed by atoms with Crippen LogP contribution >= 0.6 is 0 Å². The fourth-order valence-electron chi connectivity index (χ4n) is 0.843. The van der Waals surface area contributed by atoms with Crippen LogP contribution in [0.1, 0.15) is 34.1 Å². The molecule has 0 saturated heterocycles.